The summed E-state index contributed by atoms with van der Waals surface area (Å²) in [5.74, 6) is -1.24. The van der Waals surface area contributed by atoms with Crippen LogP contribution in [0.25, 0.3) is 0 Å². The van der Waals surface area contributed by atoms with Crippen molar-refractivity contribution in [2.75, 3.05) is 0 Å². The fraction of sp³-hybridized carbons (Fsp3) is 0.571. The molecule has 20 heavy (non-hydrogen) atoms. The lowest BCUT2D eigenvalue weighted by molar-refractivity contribution is -0.189. The molecule has 1 nitrogen and oxygen atoms in total. The third kappa shape index (κ3) is 4.12. The molecular weight excluding hydrogens is 355 g/mol. The minimum atomic E-state index is -4.12. The van der Waals surface area contributed by atoms with Crippen molar-refractivity contribution >= 4 is 27.5 Å². The number of hydrogen-bond donors (Lipinski definition) is 1. The highest BCUT2D eigenvalue weighted by atomic mass is 79.9. The first-order valence-corrected chi connectivity index (χ1v) is 7.79. The van der Waals surface area contributed by atoms with Crippen LogP contribution in [0.4, 0.5) is 13.2 Å². The largest absolute Gasteiger partial charge is 0.393 e. The zero-order valence-corrected chi connectivity index (χ0v) is 13.2. The smallest absolute Gasteiger partial charge is 0.309 e. The number of hydrogen-bond acceptors (Lipinski definition) is 1. The van der Waals surface area contributed by atoms with E-state index in [9.17, 15) is 13.2 Å². The van der Waals surface area contributed by atoms with Crippen molar-refractivity contribution in [2.45, 2.75) is 44.4 Å². The van der Waals surface area contributed by atoms with Gasteiger partial charge in [0.05, 0.1) is 5.92 Å². The van der Waals surface area contributed by atoms with Crippen LogP contribution in [0.2, 0.25) is 5.02 Å². The number of benzene rings is 1. The highest BCUT2D eigenvalue weighted by Crippen LogP contribution is 2.38. The van der Waals surface area contributed by atoms with Gasteiger partial charge < -0.3 is 5.32 Å². The van der Waals surface area contributed by atoms with E-state index in [1.165, 1.54) is 0 Å². The minimum absolute atomic E-state index is 0.217. The van der Waals surface area contributed by atoms with E-state index in [0.29, 0.717) is 24.4 Å². The van der Waals surface area contributed by atoms with Crippen molar-refractivity contribution in [1.82, 2.24) is 5.32 Å². The van der Waals surface area contributed by atoms with Crippen LogP contribution in [-0.4, -0.2) is 12.2 Å². The third-order valence-corrected chi connectivity index (χ3v) is 4.60. The van der Waals surface area contributed by atoms with Gasteiger partial charge in [0.25, 0.3) is 0 Å². The standard InChI is InChI=1S/C14H16BrClF3N/c15-10-6-5-9(12(16)7-10)8-20-13-4-2-1-3-11(13)14(17,18)19/h5-7,11,13,20H,1-4,8H2. The molecule has 2 unspecified atom stereocenters. The lowest BCUT2D eigenvalue weighted by Gasteiger charge is -2.33. The molecule has 0 amide bonds. The molecule has 1 fully saturated rings. The Kier molecular flexibility index (Phi) is 5.37. The SMILES string of the molecule is FC(F)(F)C1CCCCC1NCc1ccc(Br)cc1Cl. The maximum absolute atomic E-state index is 13.0. The monoisotopic (exact) mass is 369 g/mol. The Hall–Kier alpha value is -0.260. The summed E-state index contributed by atoms with van der Waals surface area (Å²) in [5.41, 5.74) is 0.821. The second-order valence-corrected chi connectivity index (χ2v) is 6.48. The van der Waals surface area contributed by atoms with E-state index in [1.807, 2.05) is 12.1 Å². The summed E-state index contributed by atoms with van der Waals surface area (Å²) in [6.45, 7) is 0.364. The second kappa shape index (κ2) is 6.67. The average molecular weight is 371 g/mol. The molecule has 1 aromatic rings. The van der Waals surface area contributed by atoms with Gasteiger partial charge in [0.1, 0.15) is 0 Å². The fourth-order valence-corrected chi connectivity index (χ4v) is 3.41. The van der Waals surface area contributed by atoms with Crippen molar-refractivity contribution in [3.63, 3.8) is 0 Å². The van der Waals surface area contributed by atoms with Gasteiger partial charge in [-0.1, -0.05) is 46.4 Å². The zero-order valence-electron chi connectivity index (χ0n) is 10.8. The van der Waals surface area contributed by atoms with E-state index < -0.39 is 18.1 Å². The Morgan fingerprint density at radius 2 is 1.95 bits per heavy atom. The summed E-state index contributed by atoms with van der Waals surface area (Å²) in [5, 5.41) is 3.60. The molecule has 1 aromatic carbocycles. The molecule has 0 radical (unpaired) electrons. The molecule has 1 saturated carbocycles. The first-order valence-electron chi connectivity index (χ1n) is 6.62. The normalized spacial score (nSPS) is 23.9. The molecule has 112 valence electrons. The van der Waals surface area contributed by atoms with Crippen LogP contribution in [0.3, 0.4) is 0 Å². The van der Waals surface area contributed by atoms with E-state index >= 15 is 0 Å². The highest BCUT2D eigenvalue weighted by molar-refractivity contribution is 9.10. The van der Waals surface area contributed by atoms with Gasteiger partial charge in [-0.3, -0.25) is 0 Å². The van der Waals surface area contributed by atoms with E-state index in [1.54, 1.807) is 6.07 Å². The van der Waals surface area contributed by atoms with Gasteiger partial charge in [0.2, 0.25) is 0 Å². The number of alkyl halides is 3. The predicted molar refractivity (Wildman–Crippen MR) is 77.8 cm³/mol. The van der Waals surface area contributed by atoms with Crippen LogP contribution in [-0.2, 0) is 6.54 Å². The first-order chi connectivity index (χ1) is 9.38. The third-order valence-electron chi connectivity index (χ3n) is 3.76. The van der Waals surface area contributed by atoms with E-state index in [-0.39, 0.29) is 6.42 Å². The van der Waals surface area contributed by atoms with Gasteiger partial charge in [0.15, 0.2) is 0 Å². The second-order valence-electron chi connectivity index (χ2n) is 5.16. The van der Waals surface area contributed by atoms with E-state index in [4.69, 9.17) is 11.6 Å². The quantitative estimate of drug-likeness (QED) is 0.760. The molecule has 6 heteroatoms. The molecule has 1 aliphatic rings. The molecule has 0 aliphatic heterocycles. The van der Waals surface area contributed by atoms with Crippen molar-refractivity contribution in [2.24, 2.45) is 5.92 Å². The molecule has 2 atom stereocenters. The Balaban J connectivity index is 2.01. The molecule has 0 saturated heterocycles. The maximum Gasteiger partial charge on any atom is 0.393 e. The fourth-order valence-electron chi connectivity index (χ4n) is 2.67. The summed E-state index contributed by atoms with van der Waals surface area (Å²) in [6, 6.07) is 4.90. The lowest BCUT2D eigenvalue weighted by Crippen LogP contribution is -2.45. The summed E-state index contributed by atoms with van der Waals surface area (Å²) in [4.78, 5) is 0. The zero-order chi connectivity index (χ0) is 14.8. The van der Waals surface area contributed by atoms with Gasteiger partial charge in [-0.05, 0) is 30.5 Å². The Morgan fingerprint density at radius 1 is 1.25 bits per heavy atom. The van der Waals surface area contributed by atoms with Crippen LogP contribution in [0.15, 0.2) is 22.7 Å². The van der Waals surface area contributed by atoms with Crippen LogP contribution in [0, 0.1) is 5.92 Å². The number of rotatable bonds is 3. The van der Waals surface area contributed by atoms with Gasteiger partial charge in [-0.25, -0.2) is 0 Å². The van der Waals surface area contributed by atoms with Crippen molar-refractivity contribution < 1.29 is 13.2 Å². The summed E-state index contributed by atoms with van der Waals surface area (Å²) in [7, 11) is 0. The summed E-state index contributed by atoms with van der Waals surface area (Å²) in [6.07, 6.45) is -1.84. The highest BCUT2D eigenvalue weighted by Gasteiger charge is 2.45. The Labute approximate surface area is 130 Å². The van der Waals surface area contributed by atoms with Crippen LogP contribution < -0.4 is 5.32 Å². The van der Waals surface area contributed by atoms with E-state index in [0.717, 1.165) is 16.5 Å². The molecule has 1 aliphatic carbocycles. The first kappa shape index (κ1) is 16.1. The van der Waals surface area contributed by atoms with Gasteiger partial charge in [-0.15, -0.1) is 0 Å². The Morgan fingerprint density at radius 3 is 2.60 bits per heavy atom. The van der Waals surface area contributed by atoms with Crippen LogP contribution in [0.1, 0.15) is 31.2 Å². The molecule has 2 rings (SSSR count). The topological polar surface area (TPSA) is 12.0 Å². The predicted octanol–water partition coefficient (Wildman–Crippen LogP) is 5.31. The van der Waals surface area contributed by atoms with Gasteiger partial charge in [0, 0.05) is 22.1 Å². The van der Waals surface area contributed by atoms with Gasteiger partial charge >= 0.3 is 6.18 Å². The maximum atomic E-state index is 13.0. The van der Waals surface area contributed by atoms with Gasteiger partial charge in [-0.2, -0.15) is 13.2 Å². The van der Waals surface area contributed by atoms with Crippen LogP contribution >= 0.6 is 27.5 Å². The Bertz CT molecular complexity index is 464. The van der Waals surface area contributed by atoms with E-state index in [2.05, 4.69) is 21.2 Å². The van der Waals surface area contributed by atoms with Crippen LogP contribution in [0.5, 0.6) is 0 Å². The summed E-state index contributed by atoms with van der Waals surface area (Å²) >= 11 is 9.39. The summed E-state index contributed by atoms with van der Waals surface area (Å²) < 4.78 is 39.8. The van der Waals surface area contributed by atoms with Crippen molar-refractivity contribution in [1.29, 1.82) is 0 Å². The molecule has 0 heterocycles. The van der Waals surface area contributed by atoms with Crippen molar-refractivity contribution in [3.05, 3.63) is 33.3 Å². The lowest BCUT2D eigenvalue weighted by atomic mass is 9.84. The number of nitrogens with one attached hydrogen (secondary N) is 1. The molecule has 0 aromatic heterocycles. The molecule has 1 N–H and O–H groups in total. The molecular formula is C14H16BrClF3N. The number of halogens is 5. The van der Waals surface area contributed by atoms with Crippen molar-refractivity contribution in [3.8, 4) is 0 Å². The molecule has 0 spiro atoms. The minimum Gasteiger partial charge on any atom is -0.309 e. The molecule has 0 bridgehead atoms. The average Bonchev–Trinajstić information content (AvgIpc) is 2.37.